The van der Waals surface area contributed by atoms with Gasteiger partial charge < -0.3 is 15.0 Å². The van der Waals surface area contributed by atoms with Crippen molar-refractivity contribution in [1.82, 2.24) is 9.21 Å². The zero-order valence-electron chi connectivity index (χ0n) is 20.4. The van der Waals surface area contributed by atoms with Gasteiger partial charge in [-0.25, -0.2) is 8.42 Å². The second kappa shape index (κ2) is 9.78. The van der Waals surface area contributed by atoms with Gasteiger partial charge in [0.25, 0.3) is 0 Å². The van der Waals surface area contributed by atoms with Crippen molar-refractivity contribution in [1.29, 1.82) is 0 Å². The quantitative estimate of drug-likeness (QED) is 0.537. The SMILES string of the molecule is CS(=O)(=O)N1CCN(CCCCOc2cccc(NC(=O)C34CC5CC(CC(C5)C3)C4)c2)CC1. The van der Waals surface area contributed by atoms with Crippen molar-refractivity contribution in [2.45, 2.75) is 51.4 Å². The van der Waals surface area contributed by atoms with Gasteiger partial charge in [-0.1, -0.05) is 6.07 Å². The number of sulfonamides is 1. The number of nitrogens with one attached hydrogen (secondary N) is 1. The maximum Gasteiger partial charge on any atom is 0.230 e. The number of nitrogens with zero attached hydrogens (tertiary/aromatic N) is 2. The molecule has 4 bridgehead atoms. The topological polar surface area (TPSA) is 79.0 Å². The van der Waals surface area contributed by atoms with Crippen LogP contribution in [0.15, 0.2) is 24.3 Å². The van der Waals surface area contributed by atoms with Gasteiger partial charge >= 0.3 is 0 Å². The van der Waals surface area contributed by atoms with Crippen LogP contribution in [0.2, 0.25) is 0 Å². The molecule has 5 aliphatic rings. The van der Waals surface area contributed by atoms with E-state index in [2.05, 4.69) is 10.2 Å². The summed E-state index contributed by atoms with van der Waals surface area (Å²) < 4.78 is 30.8. The average molecular weight is 490 g/mol. The molecule has 0 atom stereocenters. The Kier molecular flexibility index (Phi) is 6.93. The van der Waals surface area contributed by atoms with Crippen molar-refractivity contribution in [3.05, 3.63) is 24.3 Å². The lowest BCUT2D eigenvalue weighted by Gasteiger charge is -2.55. The molecule has 0 unspecified atom stereocenters. The average Bonchev–Trinajstić information content (AvgIpc) is 2.78. The molecule has 34 heavy (non-hydrogen) atoms. The van der Waals surface area contributed by atoms with Crippen LogP contribution in [-0.2, 0) is 14.8 Å². The van der Waals surface area contributed by atoms with Crippen molar-refractivity contribution in [2.24, 2.45) is 23.2 Å². The molecule has 4 aliphatic carbocycles. The standard InChI is InChI=1S/C26H39N3O4S/c1-34(31,32)29-10-8-28(9-11-29)7-2-3-12-33-24-6-4-5-23(16-24)27-25(30)26-17-20-13-21(18-26)15-22(14-20)19-26/h4-6,16,20-22H,2-3,7-15,17-19H2,1H3,(H,27,30). The lowest BCUT2D eigenvalue weighted by molar-refractivity contribution is -0.140. The molecule has 4 saturated carbocycles. The summed E-state index contributed by atoms with van der Waals surface area (Å²) in [6.07, 6.45) is 10.5. The van der Waals surface area contributed by atoms with Gasteiger partial charge in [-0.2, -0.15) is 4.31 Å². The number of carbonyl (C=O) groups is 1. The fourth-order valence-corrected chi connectivity index (χ4v) is 8.05. The highest BCUT2D eigenvalue weighted by molar-refractivity contribution is 7.88. The van der Waals surface area contributed by atoms with E-state index in [1.54, 1.807) is 4.31 Å². The van der Waals surface area contributed by atoms with E-state index in [4.69, 9.17) is 4.74 Å². The van der Waals surface area contributed by atoms with Crippen LogP contribution in [0.5, 0.6) is 5.75 Å². The van der Waals surface area contributed by atoms with Gasteiger partial charge in [0.05, 0.1) is 18.3 Å². The summed E-state index contributed by atoms with van der Waals surface area (Å²) >= 11 is 0. The van der Waals surface area contributed by atoms with Gasteiger partial charge in [-0.15, -0.1) is 0 Å². The molecule has 188 valence electrons. The molecule has 1 aromatic carbocycles. The molecule has 5 fully saturated rings. The highest BCUT2D eigenvalue weighted by atomic mass is 32.2. The van der Waals surface area contributed by atoms with Crippen LogP contribution >= 0.6 is 0 Å². The fraction of sp³-hybridized carbons (Fsp3) is 0.731. The molecule has 1 saturated heterocycles. The number of rotatable bonds is 9. The van der Waals surface area contributed by atoms with E-state index in [0.29, 0.717) is 19.7 Å². The molecule has 0 spiro atoms. The second-order valence-electron chi connectivity index (χ2n) is 11.2. The minimum Gasteiger partial charge on any atom is -0.494 e. The number of hydrogen-bond acceptors (Lipinski definition) is 5. The van der Waals surface area contributed by atoms with Crippen molar-refractivity contribution < 1.29 is 17.9 Å². The van der Waals surface area contributed by atoms with Gasteiger partial charge in [0, 0.05) is 37.9 Å². The van der Waals surface area contributed by atoms with E-state index >= 15 is 0 Å². The first kappa shape index (κ1) is 24.1. The van der Waals surface area contributed by atoms with Crippen LogP contribution in [0, 0.1) is 23.2 Å². The van der Waals surface area contributed by atoms with Gasteiger partial charge in [0.1, 0.15) is 5.75 Å². The summed E-state index contributed by atoms with van der Waals surface area (Å²) in [5.74, 6) is 3.30. The number of amides is 1. The zero-order chi connectivity index (χ0) is 23.8. The van der Waals surface area contributed by atoms with Crippen LogP contribution in [0.1, 0.15) is 51.4 Å². The maximum atomic E-state index is 13.3. The lowest BCUT2D eigenvalue weighted by atomic mass is 9.49. The molecular weight excluding hydrogens is 450 g/mol. The highest BCUT2D eigenvalue weighted by Gasteiger charge is 2.54. The minimum absolute atomic E-state index is 0.140. The van der Waals surface area contributed by atoms with Gasteiger partial charge in [0.2, 0.25) is 15.9 Å². The molecule has 1 amide bonds. The van der Waals surface area contributed by atoms with Crippen LogP contribution in [0.3, 0.4) is 0 Å². The molecule has 1 N–H and O–H groups in total. The summed E-state index contributed by atoms with van der Waals surface area (Å²) in [6, 6.07) is 7.81. The summed E-state index contributed by atoms with van der Waals surface area (Å²) in [7, 11) is -3.07. The highest BCUT2D eigenvalue weighted by Crippen LogP contribution is 2.60. The number of unbranched alkanes of at least 4 members (excludes halogenated alkanes) is 1. The van der Waals surface area contributed by atoms with Gasteiger partial charge in [0.15, 0.2) is 0 Å². The van der Waals surface area contributed by atoms with E-state index < -0.39 is 10.0 Å². The van der Waals surface area contributed by atoms with E-state index in [0.717, 1.165) is 80.9 Å². The third kappa shape index (κ3) is 5.44. The Morgan fingerprint density at radius 1 is 1.03 bits per heavy atom. The van der Waals surface area contributed by atoms with Crippen molar-refractivity contribution in [3.63, 3.8) is 0 Å². The monoisotopic (exact) mass is 489 g/mol. The maximum absolute atomic E-state index is 13.3. The van der Waals surface area contributed by atoms with Gasteiger partial charge in [-0.3, -0.25) is 4.79 Å². The van der Waals surface area contributed by atoms with Gasteiger partial charge in [-0.05, 0) is 87.8 Å². The minimum atomic E-state index is -3.07. The smallest absolute Gasteiger partial charge is 0.230 e. The Bertz CT molecular complexity index is 952. The molecule has 1 aliphatic heterocycles. The molecule has 0 aromatic heterocycles. The molecule has 1 aromatic rings. The molecule has 8 heteroatoms. The van der Waals surface area contributed by atoms with E-state index in [1.807, 2.05) is 24.3 Å². The van der Waals surface area contributed by atoms with E-state index in [-0.39, 0.29) is 11.3 Å². The lowest BCUT2D eigenvalue weighted by Crippen LogP contribution is -2.51. The van der Waals surface area contributed by atoms with Crippen LogP contribution in [0.4, 0.5) is 5.69 Å². The first-order valence-corrected chi connectivity index (χ1v) is 14.9. The van der Waals surface area contributed by atoms with Crippen LogP contribution in [-0.4, -0.2) is 69.1 Å². The summed E-state index contributed by atoms with van der Waals surface area (Å²) in [5.41, 5.74) is 0.695. The first-order chi connectivity index (χ1) is 16.3. The Morgan fingerprint density at radius 3 is 2.29 bits per heavy atom. The van der Waals surface area contributed by atoms with Crippen LogP contribution in [0.25, 0.3) is 0 Å². The number of piperazine rings is 1. The van der Waals surface area contributed by atoms with E-state index in [1.165, 1.54) is 25.5 Å². The molecule has 1 heterocycles. The summed E-state index contributed by atoms with van der Waals surface area (Å²) in [6.45, 7) is 4.34. The second-order valence-corrected chi connectivity index (χ2v) is 13.2. The number of anilines is 1. The van der Waals surface area contributed by atoms with Crippen LogP contribution < -0.4 is 10.1 Å². The van der Waals surface area contributed by atoms with E-state index in [9.17, 15) is 13.2 Å². The largest absolute Gasteiger partial charge is 0.494 e. The number of hydrogen-bond donors (Lipinski definition) is 1. The number of carbonyl (C=O) groups excluding carboxylic acids is 1. The third-order valence-electron chi connectivity index (χ3n) is 8.55. The molecule has 0 radical (unpaired) electrons. The summed E-state index contributed by atoms with van der Waals surface area (Å²) in [5, 5.41) is 3.23. The fourth-order valence-electron chi connectivity index (χ4n) is 7.23. The van der Waals surface area contributed by atoms with Crippen molar-refractivity contribution in [3.8, 4) is 5.75 Å². The Labute approximate surface area is 204 Å². The Morgan fingerprint density at radius 2 is 1.68 bits per heavy atom. The predicted octanol–water partition coefficient (Wildman–Crippen LogP) is 3.58. The number of ether oxygens (including phenoxy) is 1. The van der Waals surface area contributed by atoms with Crippen molar-refractivity contribution in [2.75, 3.05) is 50.9 Å². The third-order valence-corrected chi connectivity index (χ3v) is 9.85. The molecular formula is C26H39N3O4S. The predicted molar refractivity (Wildman–Crippen MR) is 133 cm³/mol. The van der Waals surface area contributed by atoms with Crippen molar-refractivity contribution >= 4 is 21.6 Å². The zero-order valence-corrected chi connectivity index (χ0v) is 21.2. The summed E-state index contributed by atoms with van der Waals surface area (Å²) in [4.78, 5) is 15.6. The Hall–Kier alpha value is -1.64. The molecule has 6 rings (SSSR count). The normalized spacial score (nSPS) is 31.5. The Balaban J connectivity index is 1.04. The molecule has 7 nitrogen and oxygen atoms in total. The number of benzene rings is 1. The first-order valence-electron chi connectivity index (χ1n) is 13.0.